The smallest absolute Gasteiger partial charge is 0.219 e. The molecule has 0 radical (unpaired) electrons. The van der Waals surface area contributed by atoms with Gasteiger partial charge in [0.25, 0.3) is 0 Å². The van der Waals surface area contributed by atoms with Gasteiger partial charge in [-0.15, -0.1) is 22.7 Å². The van der Waals surface area contributed by atoms with Crippen LogP contribution in [0.25, 0.3) is 21.3 Å². The highest BCUT2D eigenvalue weighted by Crippen LogP contribution is 2.39. The summed E-state index contributed by atoms with van der Waals surface area (Å²) in [6.07, 6.45) is 1.99. The molecule has 5 nitrogen and oxygen atoms in total. The predicted octanol–water partition coefficient (Wildman–Crippen LogP) is 5.47. The first-order valence-electron chi connectivity index (χ1n) is 8.48. The number of halogens is 3. The number of carbonyl (C=O) groups is 1. The molecular formula is C19H13F3N4OS2. The molecule has 0 aliphatic rings. The van der Waals surface area contributed by atoms with Gasteiger partial charge >= 0.3 is 0 Å². The quantitative estimate of drug-likeness (QED) is 0.378. The lowest BCUT2D eigenvalue weighted by molar-refractivity contribution is -0.106. The highest BCUT2D eigenvalue weighted by atomic mass is 32.1. The molecule has 1 amide bonds. The molecule has 0 saturated heterocycles. The van der Waals surface area contributed by atoms with E-state index in [4.69, 9.17) is 0 Å². The molecule has 1 aromatic carbocycles. The number of benzene rings is 1. The fourth-order valence-corrected chi connectivity index (χ4v) is 4.48. The Morgan fingerprint density at radius 1 is 1.17 bits per heavy atom. The molecule has 0 aliphatic heterocycles. The molecule has 3 aromatic heterocycles. The van der Waals surface area contributed by atoms with E-state index >= 15 is 0 Å². The van der Waals surface area contributed by atoms with Crippen LogP contribution >= 0.6 is 22.7 Å². The van der Waals surface area contributed by atoms with Crippen LogP contribution in [0.15, 0.2) is 41.9 Å². The van der Waals surface area contributed by atoms with Crippen LogP contribution in [0.4, 0.5) is 23.9 Å². The van der Waals surface area contributed by atoms with Crippen LogP contribution in [0, 0.1) is 17.5 Å². The highest BCUT2D eigenvalue weighted by molar-refractivity contribution is 7.19. The van der Waals surface area contributed by atoms with E-state index in [2.05, 4.69) is 10.1 Å². The van der Waals surface area contributed by atoms with E-state index in [1.54, 1.807) is 23.0 Å². The van der Waals surface area contributed by atoms with Crippen LogP contribution in [0.2, 0.25) is 0 Å². The molecular weight excluding hydrogens is 421 g/mol. The maximum atomic E-state index is 14.1. The maximum Gasteiger partial charge on any atom is 0.219 e. The molecule has 4 aromatic rings. The monoisotopic (exact) mass is 434 g/mol. The van der Waals surface area contributed by atoms with E-state index in [1.165, 1.54) is 11.3 Å². The standard InChI is InChI=1S/C19H13F3N4OS2/c1-2-26-15(9-14(24-26)19-23-5-6-28-19)16-3-4-17(29-16)25(10-27)18-12(21)7-11(20)8-13(18)22/h3-10H,2H2,1H3. The average molecular weight is 434 g/mol. The van der Waals surface area contributed by atoms with Gasteiger partial charge < -0.3 is 0 Å². The molecule has 0 unspecified atom stereocenters. The van der Waals surface area contributed by atoms with Gasteiger partial charge in [-0.2, -0.15) is 5.10 Å². The van der Waals surface area contributed by atoms with Crippen molar-refractivity contribution in [2.24, 2.45) is 0 Å². The van der Waals surface area contributed by atoms with Gasteiger partial charge in [0.1, 0.15) is 27.2 Å². The minimum absolute atomic E-state index is 0.291. The van der Waals surface area contributed by atoms with Crippen molar-refractivity contribution in [2.75, 3.05) is 4.90 Å². The third-order valence-electron chi connectivity index (χ3n) is 4.14. The largest absolute Gasteiger partial charge is 0.278 e. The summed E-state index contributed by atoms with van der Waals surface area (Å²) in [5.74, 6) is -3.37. The second-order valence-electron chi connectivity index (χ2n) is 5.90. The molecule has 4 rings (SSSR count). The number of thiazole rings is 1. The van der Waals surface area contributed by atoms with E-state index in [9.17, 15) is 18.0 Å². The lowest BCUT2D eigenvalue weighted by atomic mass is 10.2. The van der Waals surface area contributed by atoms with Crippen molar-refractivity contribution in [3.63, 3.8) is 0 Å². The fraction of sp³-hybridized carbons (Fsp3) is 0.105. The Balaban J connectivity index is 1.74. The summed E-state index contributed by atoms with van der Waals surface area (Å²) in [4.78, 5) is 17.4. The number of anilines is 2. The van der Waals surface area contributed by atoms with Crippen molar-refractivity contribution in [3.05, 3.63) is 59.4 Å². The lowest BCUT2D eigenvalue weighted by Crippen LogP contribution is -2.16. The SMILES string of the molecule is CCn1nc(-c2nccs2)cc1-c1ccc(N(C=O)c2c(F)cc(F)cc2F)s1. The lowest BCUT2D eigenvalue weighted by Gasteiger charge is -2.16. The van der Waals surface area contributed by atoms with Gasteiger partial charge in [0.05, 0.1) is 10.6 Å². The molecule has 0 atom stereocenters. The molecule has 3 heterocycles. The van der Waals surface area contributed by atoms with Crippen LogP contribution in [0.5, 0.6) is 0 Å². The molecule has 0 spiro atoms. The summed E-state index contributed by atoms with van der Waals surface area (Å²) < 4.78 is 43.3. The van der Waals surface area contributed by atoms with Gasteiger partial charge in [-0.05, 0) is 25.1 Å². The van der Waals surface area contributed by atoms with Gasteiger partial charge in [0, 0.05) is 30.3 Å². The number of hydrogen-bond donors (Lipinski definition) is 0. The zero-order valence-corrected chi connectivity index (χ0v) is 16.6. The van der Waals surface area contributed by atoms with Crippen LogP contribution in [-0.4, -0.2) is 21.2 Å². The van der Waals surface area contributed by atoms with Crippen molar-refractivity contribution in [2.45, 2.75) is 13.5 Å². The Labute approximate surface area is 171 Å². The summed E-state index contributed by atoms with van der Waals surface area (Å²) in [5.41, 5.74) is 0.886. The van der Waals surface area contributed by atoms with Crippen molar-refractivity contribution < 1.29 is 18.0 Å². The third kappa shape index (κ3) is 3.56. The molecule has 0 aliphatic carbocycles. The van der Waals surface area contributed by atoms with Crippen LogP contribution in [0.1, 0.15) is 6.92 Å². The fourth-order valence-electron chi connectivity index (χ4n) is 2.89. The summed E-state index contributed by atoms with van der Waals surface area (Å²) in [7, 11) is 0. The number of aryl methyl sites for hydroxylation is 1. The van der Waals surface area contributed by atoms with Gasteiger partial charge in [0.2, 0.25) is 6.41 Å². The normalized spacial score (nSPS) is 11.0. The number of hydrogen-bond acceptors (Lipinski definition) is 5. The Morgan fingerprint density at radius 2 is 1.93 bits per heavy atom. The number of rotatable bonds is 6. The molecule has 0 N–H and O–H groups in total. The van der Waals surface area contributed by atoms with E-state index in [0.29, 0.717) is 30.1 Å². The Bertz CT molecular complexity index is 1150. The summed E-state index contributed by atoms with van der Waals surface area (Å²) in [6.45, 7) is 2.55. The Kier molecular flexibility index (Phi) is 5.20. The first-order valence-corrected chi connectivity index (χ1v) is 10.2. The first kappa shape index (κ1) is 19.3. The summed E-state index contributed by atoms with van der Waals surface area (Å²) in [5, 5.41) is 7.47. The highest BCUT2D eigenvalue weighted by Gasteiger charge is 2.22. The average Bonchev–Trinajstić information content (AvgIpc) is 3.44. The van der Waals surface area contributed by atoms with Crippen LogP contribution < -0.4 is 4.90 Å². The zero-order valence-electron chi connectivity index (χ0n) is 15.0. The molecule has 29 heavy (non-hydrogen) atoms. The Morgan fingerprint density at radius 3 is 2.55 bits per heavy atom. The number of thiophene rings is 1. The zero-order chi connectivity index (χ0) is 20.5. The van der Waals surface area contributed by atoms with Gasteiger partial charge in [-0.1, -0.05) is 0 Å². The molecule has 10 heteroatoms. The number of carbonyl (C=O) groups excluding carboxylic acids is 1. The van der Waals surface area contributed by atoms with Crippen molar-refractivity contribution in [3.8, 4) is 21.3 Å². The molecule has 0 bridgehead atoms. The minimum atomic E-state index is -1.16. The third-order valence-corrected chi connectivity index (χ3v) is 6.04. The van der Waals surface area contributed by atoms with Gasteiger partial charge in [0.15, 0.2) is 11.6 Å². The van der Waals surface area contributed by atoms with E-state index in [0.717, 1.165) is 37.5 Å². The van der Waals surface area contributed by atoms with Gasteiger partial charge in [-0.25, -0.2) is 18.2 Å². The van der Waals surface area contributed by atoms with Crippen LogP contribution in [-0.2, 0) is 11.3 Å². The summed E-state index contributed by atoms with van der Waals surface area (Å²) in [6, 6.07) is 6.27. The second-order valence-corrected chi connectivity index (χ2v) is 7.86. The predicted molar refractivity (Wildman–Crippen MR) is 107 cm³/mol. The maximum absolute atomic E-state index is 14.1. The van der Waals surface area contributed by atoms with E-state index < -0.39 is 23.1 Å². The second kappa shape index (κ2) is 7.80. The van der Waals surface area contributed by atoms with Crippen molar-refractivity contribution in [1.29, 1.82) is 0 Å². The van der Waals surface area contributed by atoms with E-state index in [-0.39, 0.29) is 0 Å². The topological polar surface area (TPSA) is 51.0 Å². The molecule has 148 valence electrons. The summed E-state index contributed by atoms with van der Waals surface area (Å²) >= 11 is 2.63. The van der Waals surface area contributed by atoms with Crippen LogP contribution in [0.3, 0.4) is 0 Å². The number of amides is 1. The van der Waals surface area contributed by atoms with E-state index in [1.807, 2.05) is 18.4 Å². The first-order chi connectivity index (χ1) is 14.0. The number of nitrogens with zero attached hydrogens (tertiary/aromatic N) is 4. The molecule has 0 fully saturated rings. The number of aromatic nitrogens is 3. The minimum Gasteiger partial charge on any atom is -0.278 e. The van der Waals surface area contributed by atoms with Crippen molar-refractivity contribution in [1.82, 2.24) is 14.8 Å². The van der Waals surface area contributed by atoms with Gasteiger partial charge in [-0.3, -0.25) is 14.4 Å². The Hall–Kier alpha value is -2.98. The molecule has 0 saturated carbocycles. The van der Waals surface area contributed by atoms with Crippen molar-refractivity contribution >= 4 is 39.8 Å².